The van der Waals surface area contributed by atoms with Gasteiger partial charge >= 0.3 is 0 Å². The summed E-state index contributed by atoms with van der Waals surface area (Å²) in [5.74, 6) is -0.0236. The Balaban J connectivity index is 1.71. The molecule has 0 saturated heterocycles. The molecule has 0 aliphatic carbocycles. The van der Waals surface area contributed by atoms with E-state index in [0.717, 1.165) is 27.8 Å². The quantitative estimate of drug-likeness (QED) is 0.687. The molecule has 1 amide bonds. The van der Waals surface area contributed by atoms with Gasteiger partial charge in [0.15, 0.2) is 0 Å². The molecule has 3 aromatic rings. The predicted molar refractivity (Wildman–Crippen MR) is 93.7 cm³/mol. The van der Waals surface area contributed by atoms with Gasteiger partial charge in [-0.2, -0.15) is 0 Å². The number of aliphatic hydroxyl groups is 1. The zero-order valence-electron chi connectivity index (χ0n) is 14.0. The number of carbonyl (C=O) groups is 1. The summed E-state index contributed by atoms with van der Waals surface area (Å²) in [4.78, 5) is 12.0. The number of H-pyrrole nitrogens is 1. The second-order valence-corrected chi connectivity index (χ2v) is 6.71. The van der Waals surface area contributed by atoms with Crippen LogP contribution >= 0.6 is 0 Å². The summed E-state index contributed by atoms with van der Waals surface area (Å²) >= 11 is 0. The molecule has 1 aromatic heterocycles. The van der Waals surface area contributed by atoms with E-state index in [0.29, 0.717) is 11.4 Å². The van der Waals surface area contributed by atoms with Crippen molar-refractivity contribution in [3.63, 3.8) is 0 Å². The van der Waals surface area contributed by atoms with Crippen LogP contribution in [-0.4, -0.2) is 26.4 Å². The molecule has 0 atom stereocenters. The lowest BCUT2D eigenvalue weighted by Crippen LogP contribution is -2.32. The number of hydrogen-bond donors (Lipinski definition) is 3. The largest absolute Gasteiger partial charge is 0.390 e. The standard InChI is InChI=1S/C19H18N4O2/c1-19(2)15-9-13(7-8-14(15)18(25)20-19)11-3-5-12(6-4-11)17-16(10-24)21-23-22-17/h3-9,24H,10H2,1-2H3,(H,20,25)(H,21,22,23). The summed E-state index contributed by atoms with van der Waals surface area (Å²) in [6.07, 6.45) is 0. The molecule has 6 heteroatoms. The highest BCUT2D eigenvalue weighted by molar-refractivity contribution is 6.00. The van der Waals surface area contributed by atoms with Crippen LogP contribution in [0, 0.1) is 0 Å². The average molecular weight is 334 g/mol. The Kier molecular flexibility index (Phi) is 3.43. The van der Waals surface area contributed by atoms with Crippen molar-refractivity contribution in [2.24, 2.45) is 0 Å². The molecule has 0 saturated carbocycles. The van der Waals surface area contributed by atoms with Crippen LogP contribution < -0.4 is 5.32 Å². The van der Waals surface area contributed by atoms with Crippen LogP contribution in [-0.2, 0) is 12.1 Å². The third-order valence-corrected chi connectivity index (χ3v) is 4.63. The number of hydrogen-bond acceptors (Lipinski definition) is 4. The number of benzene rings is 2. The molecule has 1 aliphatic rings. The second kappa shape index (κ2) is 5.53. The van der Waals surface area contributed by atoms with Crippen molar-refractivity contribution in [1.82, 2.24) is 20.7 Å². The molecule has 0 spiro atoms. The number of aliphatic hydroxyl groups excluding tert-OH is 1. The highest BCUT2D eigenvalue weighted by Gasteiger charge is 2.34. The Morgan fingerprint density at radius 2 is 1.72 bits per heavy atom. The molecule has 0 radical (unpaired) electrons. The van der Waals surface area contributed by atoms with E-state index in [9.17, 15) is 9.90 Å². The maximum absolute atomic E-state index is 12.0. The van der Waals surface area contributed by atoms with Crippen molar-refractivity contribution >= 4 is 5.91 Å². The van der Waals surface area contributed by atoms with E-state index in [1.54, 1.807) is 0 Å². The number of nitrogens with zero attached hydrogens (tertiary/aromatic N) is 2. The topological polar surface area (TPSA) is 90.9 Å². The molecule has 0 unspecified atom stereocenters. The Labute approximate surface area is 144 Å². The van der Waals surface area contributed by atoms with Gasteiger partial charge in [-0.05, 0) is 42.7 Å². The maximum atomic E-state index is 12.0. The second-order valence-electron chi connectivity index (χ2n) is 6.71. The van der Waals surface area contributed by atoms with Crippen molar-refractivity contribution in [3.05, 3.63) is 59.3 Å². The van der Waals surface area contributed by atoms with Crippen molar-refractivity contribution < 1.29 is 9.90 Å². The van der Waals surface area contributed by atoms with E-state index >= 15 is 0 Å². The molecule has 2 aromatic carbocycles. The van der Waals surface area contributed by atoms with Crippen LogP contribution in [0.5, 0.6) is 0 Å². The van der Waals surface area contributed by atoms with E-state index in [-0.39, 0.29) is 18.1 Å². The summed E-state index contributed by atoms with van der Waals surface area (Å²) < 4.78 is 0. The molecule has 0 fully saturated rings. The third-order valence-electron chi connectivity index (χ3n) is 4.63. The minimum absolute atomic E-state index is 0.0236. The molecule has 0 bridgehead atoms. The maximum Gasteiger partial charge on any atom is 0.252 e. The van der Waals surface area contributed by atoms with Gasteiger partial charge in [0, 0.05) is 11.1 Å². The lowest BCUT2D eigenvalue weighted by molar-refractivity contribution is 0.0940. The molecule has 2 heterocycles. The van der Waals surface area contributed by atoms with Crippen molar-refractivity contribution in [3.8, 4) is 22.4 Å². The third kappa shape index (κ3) is 2.51. The number of aromatic amines is 1. The summed E-state index contributed by atoms with van der Waals surface area (Å²) in [6.45, 7) is 3.88. The van der Waals surface area contributed by atoms with Crippen LogP contribution in [0.25, 0.3) is 22.4 Å². The normalized spacial score (nSPS) is 15.1. The first-order valence-electron chi connectivity index (χ1n) is 8.08. The molecular formula is C19H18N4O2. The summed E-state index contributed by atoms with van der Waals surface area (Å²) in [6, 6.07) is 13.8. The van der Waals surface area contributed by atoms with Crippen molar-refractivity contribution in [2.75, 3.05) is 0 Å². The molecule has 3 N–H and O–H groups in total. The zero-order valence-corrected chi connectivity index (χ0v) is 14.0. The molecule has 4 rings (SSSR count). The van der Waals surface area contributed by atoms with Crippen LogP contribution in [0.15, 0.2) is 42.5 Å². The first-order valence-corrected chi connectivity index (χ1v) is 8.08. The van der Waals surface area contributed by atoms with E-state index < -0.39 is 0 Å². The first-order chi connectivity index (χ1) is 12.0. The van der Waals surface area contributed by atoms with Gasteiger partial charge in [-0.3, -0.25) is 9.89 Å². The van der Waals surface area contributed by atoms with Crippen LogP contribution in [0.2, 0.25) is 0 Å². The van der Waals surface area contributed by atoms with Gasteiger partial charge in [-0.1, -0.05) is 35.5 Å². The molecule has 25 heavy (non-hydrogen) atoms. The first kappa shape index (κ1) is 15.5. The fourth-order valence-corrected chi connectivity index (χ4v) is 3.27. The van der Waals surface area contributed by atoms with Crippen molar-refractivity contribution in [1.29, 1.82) is 0 Å². The minimum Gasteiger partial charge on any atom is -0.390 e. The number of aromatic nitrogens is 3. The Bertz CT molecular complexity index is 958. The lowest BCUT2D eigenvalue weighted by Gasteiger charge is -2.19. The van der Waals surface area contributed by atoms with Gasteiger partial charge in [0.2, 0.25) is 0 Å². The van der Waals surface area contributed by atoms with E-state index in [1.165, 1.54) is 0 Å². The monoisotopic (exact) mass is 334 g/mol. The highest BCUT2D eigenvalue weighted by Crippen LogP contribution is 2.34. The molecule has 6 nitrogen and oxygen atoms in total. The summed E-state index contributed by atoms with van der Waals surface area (Å²) in [7, 11) is 0. The Hall–Kier alpha value is -2.99. The number of amides is 1. The Morgan fingerprint density at radius 3 is 2.44 bits per heavy atom. The van der Waals surface area contributed by atoms with Gasteiger partial charge in [0.05, 0.1) is 17.8 Å². The van der Waals surface area contributed by atoms with Crippen LogP contribution in [0.1, 0.15) is 35.5 Å². The van der Waals surface area contributed by atoms with E-state index in [4.69, 9.17) is 0 Å². The zero-order chi connectivity index (χ0) is 17.6. The number of nitrogens with one attached hydrogen (secondary N) is 2. The summed E-state index contributed by atoms with van der Waals surface area (Å²) in [5.41, 5.74) is 5.63. The minimum atomic E-state index is -0.362. The fourth-order valence-electron chi connectivity index (χ4n) is 3.27. The molecular weight excluding hydrogens is 316 g/mol. The van der Waals surface area contributed by atoms with Gasteiger partial charge in [0.25, 0.3) is 5.91 Å². The van der Waals surface area contributed by atoms with Crippen LogP contribution in [0.4, 0.5) is 0 Å². The average Bonchev–Trinajstić information content (AvgIpc) is 3.17. The smallest absolute Gasteiger partial charge is 0.252 e. The number of fused-ring (bicyclic) bond motifs is 1. The van der Waals surface area contributed by atoms with Gasteiger partial charge < -0.3 is 10.4 Å². The summed E-state index contributed by atoms with van der Waals surface area (Å²) in [5, 5.41) is 22.8. The SMILES string of the molecule is CC1(C)NC(=O)c2ccc(-c3ccc(-c4nn[nH]c4CO)cc3)cc21. The fraction of sp³-hybridized carbons (Fsp3) is 0.211. The van der Waals surface area contributed by atoms with E-state index in [2.05, 4.69) is 26.8 Å². The van der Waals surface area contributed by atoms with Gasteiger partial charge in [-0.25, -0.2) is 0 Å². The number of rotatable bonds is 3. The predicted octanol–water partition coefficient (Wildman–Crippen LogP) is 2.61. The van der Waals surface area contributed by atoms with Crippen LogP contribution in [0.3, 0.4) is 0 Å². The number of carbonyl (C=O) groups excluding carboxylic acids is 1. The molecule has 1 aliphatic heterocycles. The molecule has 126 valence electrons. The lowest BCUT2D eigenvalue weighted by atomic mass is 9.91. The Morgan fingerprint density at radius 1 is 1.04 bits per heavy atom. The van der Waals surface area contributed by atoms with Crippen molar-refractivity contribution in [2.45, 2.75) is 26.0 Å². The van der Waals surface area contributed by atoms with E-state index in [1.807, 2.05) is 50.2 Å². The highest BCUT2D eigenvalue weighted by atomic mass is 16.3. The van der Waals surface area contributed by atoms with Gasteiger partial charge in [-0.15, -0.1) is 5.10 Å². The van der Waals surface area contributed by atoms with Gasteiger partial charge in [0.1, 0.15) is 5.69 Å².